The van der Waals surface area contributed by atoms with Crippen molar-refractivity contribution in [3.05, 3.63) is 48.2 Å². The van der Waals surface area contributed by atoms with Crippen molar-refractivity contribution in [2.45, 2.75) is 18.9 Å². The highest BCUT2D eigenvalue weighted by molar-refractivity contribution is 5.96. The first-order valence-corrected chi connectivity index (χ1v) is 8.52. The van der Waals surface area contributed by atoms with Crippen LogP contribution in [0.5, 0.6) is 0 Å². The SMILES string of the molecule is O=C(O)c1cc2c(NC(CC3CCOC3)c3cccnc3)ncnc2[nH]1. The van der Waals surface area contributed by atoms with E-state index >= 15 is 0 Å². The Bertz CT molecular complexity index is 906. The molecule has 1 saturated heterocycles. The molecule has 8 nitrogen and oxygen atoms in total. The molecule has 0 saturated carbocycles. The Hall–Kier alpha value is -3.00. The Morgan fingerprint density at radius 1 is 1.46 bits per heavy atom. The normalized spacial score (nSPS) is 18.1. The molecule has 3 N–H and O–H groups in total. The number of rotatable bonds is 6. The van der Waals surface area contributed by atoms with Gasteiger partial charge in [-0.25, -0.2) is 14.8 Å². The van der Waals surface area contributed by atoms with E-state index in [2.05, 4.69) is 25.3 Å². The number of aromatic amines is 1. The standard InChI is InChI=1S/C18H19N5O3/c24-18(25)15-7-13-16(20-10-21-17(13)23-15)22-14(6-11-3-5-26-9-11)12-2-1-4-19-8-12/h1-2,4,7-8,10-11,14H,3,5-6,9H2,(H,24,25)(H2,20,21,22,23). The van der Waals surface area contributed by atoms with Gasteiger partial charge < -0.3 is 20.1 Å². The smallest absolute Gasteiger partial charge is 0.352 e. The second kappa shape index (κ2) is 7.09. The van der Waals surface area contributed by atoms with Crippen molar-refractivity contribution >= 4 is 22.8 Å². The van der Waals surface area contributed by atoms with Gasteiger partial charge in [-0.2, -0.15) is 0 Å². The average molecular weight is 353 g/mol. The first-order valence-electron chi connectivity index (χ1n) is 8.52. The second-order valence-corrected chi connectivity index (χ2v) is 6.42. The Balaban J connectivity index is 1.66. The summed E-state index contributed by atoms with van der Waals surface area (Å²) in [5, 5.41) is 13.3. The summed E-state index contributed by atoms with van der Waals surface area (Å²) in [6.45, 7) is 1.55. The maximum Gasteiger partial charge on any atom is 0.352 e. The minimum absolute atomic E-state index is 0.00308. The van der Waals surface area contributed by atoms with Crippen LogP contribution in [-0.4, -0.2) is 44.2 Å². The maximum absolute atomic E-state index is 11.2. The van der Waals surface area contributed by atoms with Crippen LogP contribution in [0.25, 0.3) is 11.0 Å². The molecular weight excluding hydrogens is 334 g/mol. The van der Waals surface area contributed by atoms with Gasteiger partial charge in [0.15, 0.2) is 0 Å². The van der Waals surface area contributed by atoms with Crippen molar-refractivity contribution in [2.75, 3.05) is 18.5 Å². The highest BCUT2D eigenvalue weighted by Crippen LogP contribution is 2.31. The van der Waals surface area contributed by atoms with Gasteiger partial charge in [0.1, 0.15) is 23.5 Å². The van der Waals surface area contributed by atoms with Crippen LogP contribution in [0.1, 0.15) is 34.9 Å². The molecule has 26 heavy (non-hydrogen) atoms. The van der Waals surface area contributed by atoms with Crippen LogP contribution in [0, 0.1) is 5.92 Å². The minimum atomic E-state index is -1.03. The molecule has 0 aliphatic carbocycles. The van der Waals surface area contributed by atoms with E-state index in [9.17, 15) is 9.90 Å². The molecule has 4 rings (SSSR count). The highest BCUT2D eigenvalue weighted by Gasteiger charge is 2.23. The van der Waals surface area contributed by atoms with Crippen LogP contribution in [-0.2, 0) is 4.74 Å². The predicted molar refractivity (Wildman–Crippen MR) is 95.0 cm³/mol. The number of carboxylic acids is 1. The predicted octanol–water partition coefficient (Wildman–Crippen LogP) is 2.63. The zero-order chi connectivity index (χ0) is 17.9. The van der Waals surface area contributed by atoms with Gasteiger partial charge in [0.05, 0.1) is 11.4 Å². The minimum Gasteiger partial charge on any atom is -0.477 e. The number of nitrogens with zero attached hydrogens (tertiary/aromatic N) is 3. The molecule has 0 amide bonds. The Labute approximate surface area is 149 Å². The van der Waals surface area contributed by atoms with E-state index in [4.69, 9.17) is 4.74 Å². The van der Waals surface area contributed by atoms with Crippen LogP contribution in [0.15, 0.2) is 36.9 Å². The fourth-order valence-corrected chi connectivity index (χ4v) is 3.30. The van der Waals surface area contributed by atoms with Crippen molar-refractivity contribution in [3.8, 4) is 0 Å². The number of aromatic carboxylic acids is 1. The number of carbonyl (C=O) groups is 1. The van der Waals surface area contributed by atoms with E-state index in [1.807, 2.05) is 18.3 Å². The maximum atomic E-state index is 11.2. The van der Waals surface area contributed by atoms with E-state index in [1.54, 1.807) is 12.3 Å². The summed E-state index contributed by atoms with van der Waals surface area (Å²) in [6, 6.07) is 5.48. The van der Waals surface area contributed by atoms with Gasteiger partial charge in [-0.1, -0.05) is 6.07 Å². The second-order valence-electron chi connectivity index (χ2n) is 6.42. The Morgan fingerprint density at radius 3 is 3.12 bits per heavy atom. The fourth-order valence-electron chi connectivity index (χ4n) is 3.30. The number of ether oxygens (including phenoxy) is 1. The summed E-state index contributed by atoms with van der Waals surface area (Å²) in [6.07, 6.45) is 6.92. The van der Waals surface area contributed by atoms with E-state index in [1.165, 1.54) is 6.33 Å². The lowest BCUT2D eigenvalue weighted by atomic mass is 9.95. The molecule has 0 radical (unpaired) electrons. The summed E-state index contributed by atoms with van der Waals surface area (Å²) in [5.74, 6) is 0.0400. The highest BCUT2D eigenvalue weighted by atomic mass is 16.5. The van der Waals surface area contributed by atoms with E-state index < -0.39 is 5.97 Å². The number of fused-ring (bicyclic) bond motifs is 1. The van der Waals surface area contributed by atoms with Crippen molar-refractivity contribution in [1.29, 1.82) is 0 Å². The molecule has 0 bridgehead atoms. The van der Waals surface area contributed by atoms with Gasteiger partial charge in [0, 0.05) is 25.6 Å². The quantitative estimate of drug-likeness (QED) is 0.624. The Morgan fingerprint density at radius 2 is 2.38 bits per heavy atom. The molecule has 3 aromatic heterocycles. The summed E-state index contributed by atoms with van der Waals surface area (Å²) >= 11 is 0. The van der Waals surface area contributed by atoms with E-state index in [0.29, 0.717) is 22.8 Å². The van der Waals surface area contributed by atoms with Gasteiger partial charge in [-0.15, -0.1) is 0 Å². The van der Waals surface area contributed by atoms with Crippen LogP contribution < -0.4 is 5.32 Å². The number of hydrogen-bond acceptors (Lipinski definition) is 6. The van der Waals surface area contributed by atoms with Crippen molar-refractivity contribution in [1.82, 2.24) is 19.9 Å². The van der Waals surface area contributed by atoms with Gasteiger partial charge in [0.25, 0.3) is 0 Å². The first-order chi connectivity index (χ1) is 12.7. The number of aromatic nitrogens is 4. The van der Waals surface area contributed by atoms with Gasteiger partial charge in [-0.3, -0.25) is 4.98 Å². The van der Waals surface area contributed by atoms with E-state index in [0.717, 1.165) is 31.6 Å². The Kier molecular flexibility index (Phi) is 4.49. The zero-order valence-electron chi connectivity index (χ0n) is 14.1. The fraction of sp³-hybridized carbons (Fsp3) is 0.333. The summed E-state index contributed by atoms with van der Waals surface area (Å²) in [4.78, 5) is 26.7. The largest absolute Gasteiger partial charge is 0.477 e. The molecule has 2 atom stereocenters. The molecule has 4 heterocycles. The van der Waals surface area contributed by atoms with Gasteiger partial charge >= 0.3 is 5.97 Å². The lowest BCUT2D eigenvalue weighted by molar-refractivity contribution is 0.0691. The van der Waals surface area contributed by atoms with Crippen LogP contribution in [0.2, 0.25) is 0 Å². The number of carboxylic acid groups (broad SMARTS) is 1. The number of H-pyrrole nitrogens is 1. The van der Waals surface area contributed by atoms with Crippen molar-refractivity contribution in [2.24, 2.45) is 5.92 Å². The third-order valence-electron chi connectivity index (χ3n) is 4.65. The topological polar surface area (TPSA) is 113 Å². The average Bonchev–Trinajstić information content (AvgIpc) is 3.32. The van der Waals surface area contributed by atoms with Crippen LogP contribution in [0.3, 0.4) is 0 Å². The van der Waals surface area contributed by atoms with Crippen LogP contribution >= 0.6 is 0 Å². The number of nitrogens with one attached hydrogen (secondary N) is 2. The molecule has 1 aliphatic rings. The third-order valence-corrected chi connectivity index (χ3v) is 4.65. The van der Waals surface area contributed by atoms with Gasteiger partial charge in [-0.05, 0) is 36.5 Å². The first kappa shape index (κ1) is 16.5. The lowest BCUT2D eigenvalue weighted by Gasteiger charge is -2.22. The molecule has 1 aliphatic heterocycles. The molecule has 134 valence electrons. The molecular formula is C18H19N5O3. The molecule has 1 fully saturated rings. The molecule has 2 unspecified atom stereocenters. The zero-order valence-corrected chi connectivity index (χ0v) is 14.1. The number of hydrogen-bond donors (Lipinski definition) is 3. The van der Waals surface area contributed by atoms with Crippen molar-refractivity contribution in [3.63, 3.8) is 0 Å². The monoisotopic (exact) mass is 353 g/mol. The van der Waals surface area contributed by atoms with Crippen LogP contribution in [0.4, 0.5) is 5.82 Å². The molecule has 0 spiro atoms. The van der Waals surface area contributed by atoms with E-state index in [-0.39, 0.29) is 11.7 Å². The molecule has 3 aromatic rings. The summed E-state index contributed by atoms with van der Waals surface area (Å²) in [7, 11) is 0. The molecule has 8 heteroatoms. The summed E-state index contributed by atoms with van der Waals surface area (Å²) < 4.78 is 5.50. The van der Waals surface area contributed by atoms with Gasteiger partial charge in [0.2, 0.25) is 0 Å². The van der Waals surface area contributed by atoms with Crippen molar-refractivity contribution < 1.29 is 14.6 Å². The number of anilines is 1. The third kappa shape index (κ3) is 3.36. The summed E-state index contributed by atoms with van der Waals surface area (Å²) in [5.41, 5.74) is 1.64. The molecule has 0 aromatic carbocycles. The lowest BCUT2D eigenvalue weighted by Crippen LogP contribution is -2.17. The number of pyridine rings is 1.